The van der Waals surface area contributed by atoms with Crippen molar-refractivity contribution < 1.29 is 8.78 Å². The molecular formula is C16H14F2N4. The van der Waals surface area contributed by atoms with E-state index in [2.05, 4.69) is 15.5 Å². The second-order valence-electron chi connectivity index (χ2n) is 4.92. The van der Waals surface area contributed by atoms with E-state index in [-0.39, 0.29) is 5.82 Å². The molecule has 1 aromatic heterocycles. The smallest absolute Gasteiger partial charge is 0.151 e. The first-order valence-electron chi connectivity index (χ1n) is 6.76. The van der Waals surface area contributed by atoms with Gasteiger partial charge in [0.2, 0.25) is 0 Å². The van der Waals surface area contributed by atoms with Gasteiger partial charge in [-0.1, -0.05) is 12.1 Å². The highest BCUT2D eigenvalue weighted by molar-refractivity contribution is 5.66. The molecule has 0 aliphatic heterocycles. The predicted octanol–water partition coefficient (Wildman–Crippen LogP) is 3.37. The van der Waals surface area contributed by atoms with Gasteiger partial charge in [-0.15, -0.1) is 10.2 Å². The van der Waals surface area contributed by atoms with Crippen LogP contribution in [-0.2, 0) is 13.6 Å². The SMILES string of the molecule is Cn1cnnc1CNc1ccc(-c2cccc(F)c2)c(F)c1. The maximum absolute atomic E-state index is 14.2. The minimum Gasteiger partial charge on any atom is -0.378 e. The molecule has 0 atom stereocenters. The van der Waals surface area contributed by atoms with Crippen LogP contribution in [-0.4, -0.2) is 14.8 Å². The lowest BCUT2D eigenvalue weighted by Crippen LogP contribution is -2.05. The Morgan fingerprint density at radius 3 is 2.68 bits per heavy atom. The van der Waals surface area contributed by atoms with Crippen molar-refractivity contribution in [3.8, 4) is 11.1 Å². The number of nitrogens with one attached hydrogen (secondary N) is 1. The zero-order valence-corrected chi connectivity index (χ0v) is 11.9. The summed E-state index contributed by atoms with van der Waals surface area (Å²) in [6.45, 7) is 0.440. The molecule has 3 rings (SSSR count). The third kappa shape index (κ3) is 2.95. The second kappa shape index (κ2) is 5.93. The minimum absolute atomic E-state index is 0.365. The van der Waals surface area contributed by atoms with Crippen LogP contribution < -0.4 is 5.32 Å². The monoisotopic (exact) mass is 300 g/mol. The van der Waals surface area contributed by atoms with Crippen molar-refractivity contribution in [3.63, 3.8) is 0 Å². The molecule has 0 unspecified atom stereocenters. The highest BCUT2D eigenvalue weighted by Crippen LogP contribution is 2.26. The van der Waals surface area contributed by atoms with Crippen molar-refractivity contribution in [3.05, 3.63) is 66.3 Å². The molecule has 0 aliphatic carbocycles. The number of aryl methyl sites for hydroxylation is 1. The van der Waals surface area contributed by atoms with Gasteiger partial charge in [0.1, 0.15) is 18.0 Å². The van der Waals surface area contributed by atoms with Crippen LogP contribution in [0.25, 0.3) is 11.1 Å². The van der Waals surface area contributed by atoms with Crippen molar-refractivity contribution in [2.24, 2.45) is 7.05 Å². The number of hydrogen-bond donors (Lipinski definition) is 1. The molecule has 4 nitrogen and oxygen atoms in total. The van der Waals surface area contributed by atoms with Crippen molar-refractivity contribution in [2.45, 2.75) is 6.54 Å². The Kier molecular flexibility index (Phi) is 3.82. The summed E-state index contributed by atoms with van der Waals surface area (Å²) in [7, 11) is 1.84. The maximum Gasteiger partial charge on any atom is 0.151 e. The van der Waals surface area contributed by atoms with Crippen LogP contribution in [0.15, 0.2) is 48.8 Å². The Morgan fingerprint density at radius 2 is 2.00 bits per heavy atom. The Morgan fingerprint density at radius 1 is 1.14 bits per heavy atom. The number of hydrogen-bond acceptors (Lipinski definition) is 3. The minimum atomic E-state index is -0.409. The van der Waals surface area contributed by atoms with Gasteiger partial charge in [-0.25, -0.2) is 8.78 Å². The van der Waals surface area contributed by atoms with E-state index >= 15 is 0 Å². The lowest BCUT2D eigenvalue weighted by molar-refractivity contribution is 0.625. The third-order valence-electron chi connectivity index (χ3n) is 3.36. The highest BCUT2D eigenvalue weighted by atomic mass is 19.1. The molecule has 1 heterocycles. The molecule has 0 spiro atoms. The molecule has 3 aromatic rings. The zero-order valence-electron chi connectivity index (χ0n) is 11.9. The van der Waals surface area contributed by atoms with Crippen molar-refractivity contribution in [2.75, 3.05) is 5.32 Å². The van der Waals surface area contributed by atoms with Crippen molar-refractivity contribution in [1.82, 2.24) is 14.8 Å². The van der Waals surface area contributed by atoms with E-state index in [0.29, 0.717) is 23.4 Å². The van der Waals surface area contributed by atoms with Gasteiger partial charge in [-0.3, -0.25) is 0 Å². The summed E-state index contributed by atoms with van der Waals surface area (Å²) in [4.78, 5) is 0. The van der Waals surface area contributed by atoms with E-state index < -0.39 is 5.82 Å². The lowest BCUT2D eigenvalue weighted by atomic mass is 10.0. The Labute approximate surface area is 126 Å². The Hall–Kier alpha value is -2.76. The molecule has 0 fully saturated rings. The average Bonchev–Trinajstić information content (AvgIpc) is 2.90. The summed E-state index contributed by atoms with van der Waals surface area (Å²) in [6, 6.07) is 10.6. The standard InChI is InChI=1S/C16H14F2N4/c1-22-10-20-21-16(22)9-19-13-5-6-14(15(18)8-13)11-3-2-4-12(17)7-11/h2-8,10,19H,9H2,1H3. The van der Waals surface area contributed by atoms with Gasteiger partial charge in [0.05, 0.1) is 6.54 Å². The van der Waals surface area contributed by atoms with Crippen LogP contribution in [0.4, 0.5) is 14.5 Å². The van der Waals surface area contributed by atoms with Crippen LogP contribution in [0.3, 0.4) is 0 Å². The van der Waals surface area contributed by atoms with Gasteiger partial charge in [0.15, 0.2) is 5.82 Å². The first kappa shape index (κ1) is 14.2. The fraction of sp³-hybridized carbons (Fsp3) is 0.125. The number of rotatable bonds is 4. The van der Waals surface area contributed by atoms with Crippen molar-refractivity contribution >= 4 is 5.69 Å². The molecule has 0 saturated carbocycles. The summed E-state index contributed by atoms with van der Waals surface area (Å²) >= 11 is 0. The topological polar surface area (TPSA) is 42.7 Å². The molecule has 0 saturated heterocycles. The van der Waals surface area contributed by atoms with E-state index in [4.69, 9.17) is 0 Å². The molecule has 0 aliphatic rings. The molecule has 112 valence electrons. The molecule has 0 radical (unpaired) electrons. The van der Waals surface area contributed by atoms with E-state index in [9.17, 15) is 8.78 Å². The molecule has 0 bridgehead atoms. The average molecular weight is 300 g/mol. The molecule has 22 heavy (non-hydrogen) atoms. The molecule has 0 amide bonds. The van der Waals surface area contributed by atoms with Gasteiger partial charge in [0, 0.05) is 18.3 Å². The largest absolute Gasteiger partial charge is 0.378 e. The zero-order chi connectivity index (χ0) is 15.5. The fourth-order valence-corrected chi connectivity index (χ4v) is 2.16. The Balaban J connectivity index is 1.79. The summed E-state index contributed by atoms with van der Waals surface area (Å²) in [5.41, 5.74) is 1.50. The lowest BCUT2D eigenvalue weighted by Gasteiger charge is -2.09. The van der Waals surface area contributed by atoms with Gasteiger partial charge in [-0.05, 0) is 35.9 Å². The maximum atomic E-state index is 14.2. The van der Waals surface area contributed by atoms with Crippen LogP contribution in [0.1, 0.15) is 5.82 Å². The van der Waals surface area contributed by atoms with Gasteiger partial charge in [0.25, 0.3) is 0 Å². The van der Waals surface area contributed by atoms with Crippen LogP contribution in [0.2, 0.25) is 0 Å². The number of benzene rings is 2. The van der Waals surface area contributed by atoms with Crippen LogP contribution in [0.5, 0.6) is 0 Å². The molecule has 6 heteroatoms. The number of anilines is 1. The summed E-state index contributed by atoms with van der Waals surface area (Å²) in [6.07, 6.45) is 1.60. The van der Waals surface area contributed by atoms with E-state index in [1.54, 1.807) is 35.2 Å². The number of aromatic nitrogens is 3. The normalized spacial score (nSPS) is 10.7. The van der Waals surface area contributed by atoms with E-state index in [1.165, 1.54) is 18.2 Å². The van der Waals surface area contributed by atoms with Gasteiger partial charge in [-0.2, -0.15) is 0 Å². The molecular weight excluding hydrogens is 286 g/mol. The summed E-state index contributed by atoms with van der Waals surface area (Å²) in [5, 5.41) is 10.8. The van der Waals surface area contributed by atoms with Crippen LogP contribution >= 0.6 is 0 Å². The van der Waals surface area contributed by atoms with E-state index in [0.717, 1.165) is 5.82 Å². The molecule has 2 aromatic carbocycles. The predicted molar refractivity (Wildman–Crippen MR) is 80.1 cm³/mol. The summed E-state index contributed by atoms with van der Waals surface area (Å²) in [5.74, 6) is -0.0513. The second-order valence-corrected chi connectivity index (χ2v) is 4.92. The quantitative estimate of drug-likeness (QED) is 0.803. The Bertz CT molecular complexity index is 798. The number of nitrogens with zero attached hydrogens (tertiary/aromatic N) is 3. The molecule has 1 N–H and O–H groups in total. The van der Waals surface area contributed by atoms with Gasteiger partial charge >= 0.3 is 0 Å². The van der Waals surface area contributed by atoms with Crippen LogP contribution in [0, 0.1) is 11.6 Å². The third-order valence-corrected chi connectivity index (χ3v) is 3.36. The fourth-order valence-electron chi connectivity index (χ4n) is 2.16. The van der Waals surface area contributed by atoms with Gasteiger partial charge < -0.3 is 9.88 Å². The highest BCUT2D eigenvalue weighted by Gasteiger charge is 2.08. The van der Waals surface area contributed by atoms with Crippen molar-refractivity contribution in [1.29, 1.82) is 0 Å². The first-order chi connectivity index (χ1) is 10.6. The first-order valence-corrected chi connectivity index (χ1v) is 6.76. The van der Waals surface area contributed by atoms with E-state index in [1.807, 2.05) is 7.05 Å². The number of halogens is 2. The summed E-state index contributed by atoms with van der Waals surface area (Å²) < 4.78 is 29.2.